The molecule has 0 spiro atoms. The van der Waals surface area contributed by atoms with Crippen molar-refractivity contribution in [2.24, 2.45) is 0 Å². The standard InChI is InChI=1S/C20H15BrN2O5S/c1-2-9-22-19(24)18(29-20(22)25)11-14-10-15(21)5-8-17(14)28-12-13-3-6-16(7-4-13)23(26)27/h2-8,10-11H,1,9,12H2. The van der Waals surface area contributed by atoms with Crippen molar-refractivity contribution >= 4 is 50.6 Å². The SMILES string of the molecule is C=CCN1C(=O)SC(=Cc2cc(Br)ccc2OCc2ccc([N+](=O)[O-])cc2)C1=O. The van der Waals surface area contributed by atoms with Gasteiger partial charge in [-0.2, -0.15) is 0 Å². The van der Waals surface area contributed by atoms with Gasteiger partial charge in [0.15, 0.2) is 0 Å². The first-order chi connectivity index (χ1) is 13.9. The summed E-state index contributed by atoms with van der Waals surface area (Å²) in [7, 11) is 0. The molecule has 1 fully saturated rings. The molecular weight excluding hydrogens is 460 g/mol. The molecule has 0 aliphatic carbocycles. The summed E-state index contributed by atoms with van der Waals surface area (Å²) >= 11 is 4.26. The average Bonchev–Trinajstić information content (AvgIpc) is 2.95. The third-order valence-electron chi connectivity index (χ3n) is 3.99. The summed E-state index contributed by atoms with van der Waals surface area (Å²) in [4.78, 5) is 36.1. The number of nitro benzene ring substituents is 1. The smallest absolute Gasteiger partial charge is 0.293 e. The van der Waals surface area contributed by atoms with E-state index in [-0.39, 0.29) is 30.0 Å². The Kier molecular flexibility index (Phi) is 6.50. The summed E-state index contributed by atoms with van der Waals surface area (Å²) in [6.45, 7) is 3.91. The molecule has 0 bridgehead atoms. The number of non-ortho nitro benzene ring substituents is 1. The number of rotatable bonds is 7. The molecule has 1 heterocycles. The summed E-state index contributed by atoms with van der Waals surface area (Å²) in [6.07, 6.45) is 3.11. The maximum atomic E-state index is 12.4. The van der Waals surface area contributed by atoms with E-state index >= 15 is 0 Å². The highest BCUT2D eigenvalue weighted by molar-refractivity contribution is 9.10. The molecule has 9 heteroatoms. The van der Waals surface area contributed by atoms with Crippen molar-refractivity contribution in [1.29, 1.82) is 0 Å². The maximum absolute atomic E-state index is 12.4. The minimum absolute atomic E-state index is 0.00771. The van der Waals surface area contributed by atoms with Crippen LogP contribution < -0.4 is 4.74 Å². The van der Waals surface area contributed by atoms with E-state index < -0.39 is 4.92 Å². The fraction of sp³-hybridized carbons (Fsp3) is 0.100. The molecule has 0 aromatic heterocycles. The summed E-state index contributed by atoms with van der Waals surface area (Å²) < 4.78 is 6.64. The molecule has 2 amide bonds. The number of benzene rings is 2. The van der Waals surface area contributed by atoms with Crippen LogP contribution in [0.1, 0.15) is 11.1 Å². The van der Waals surface area contributed by atoms with Crippen molar-refractivity contribution < 1.29 is 19.2 Å². The lowest BCUT2D eigenvalue weighted by Gasteiger charge is -2.11. The number of carbonyl (C=O) groups is 2. The fourth-order valence-electron chi connectivity index (χ4n) is 2.57. The number of nitro groups is 1. The summed E-state index contributed by atoms with van der Waals surface area (Å²) in [5.41, 5.74) is 1.40. The first-order valence-electron chi connectivity index (χ1n) is 8.41. The number of hydrogen-bond donors (Lipinski definition) is 0. The van der Waals surface area contributed by atoms with Gasteiger partial charge in [0.05, 0.1) is 9.83 Å². The van der Waals surface area contributed by atoms with E-state index in [4.69, 9.17) is 4.74 Å². The Morgan fingerprint density at radius 3 is 2.59 bits per heavy atom. The molecular formula is C20H15BrN2O5S. The molecule has 29 heavy (non-hydrogen) atoms. The number of nitrogens with zero attached hydrogens (tertiary/aromatic N) is 2. The molecule has 0 saturated carbocycles. The topological polar surface area (TPSA) is 89.8 Å². The van der Waals surface area contributed by atoms with Gasteiger partial charge in [0.2, 0.25) is 0 Å². The minimum Gasteiger partial charge on any atom is -0.488 e. The van der Waals surface area contributed by atoms with E-state index in [2.05, 4.69) is 22.5 Å². The van der Waals surface area contributed by atoms with Crippen molar-refractivity contribution in [3.05, 3.63) is 85.7 Å². The molecule has 1 saturated heterocycles. The van der Waals surface area contributed by atoms with Crippen LogP contribution in [0.15, 0.2) is 64.5 Å². The normalized spacial score (nSPS) is 15.1. The van der Waals surface area contributed by atoms with Crippen molar-refractivity contribution in [2.45, 2.75) is 6.61 Å². The van der Waals surface area contributed by atoms with E-state index in [0.29, 0.717) is 16.2 Å². The van der Waals surface area contributed by atoms with Gasteiger partial charge < -0.3 is 4.74 Å². The lowest BCUT2D eigenvalue weighted by atomic mass is 10.1. The Morgan fingerprint density at radius 2 is 1.93 bits per heavy atom. The van der Waals surface area contributed by atoms with Crippen molar-refractivity contribution in [3.8, 4) is 5.75 Å². The number of halogens is 1. The number of imide groups is 1. The van der Waals surface area contributed by atoms with E-state index in [1.807, 2.05) is 0 Å². The van der Waals surface area contributed by atoms with Crippen LogP contribution in [0.3, 0.4) is 0 Å². The molecule has 0 atom stereocenters. The zero-order valence-corrected chi connectivity index (χ0v) is 17.4. The zero-order chi connectivity index (χ0) is 21.0. The lowest BCUT2D eigenvalue weighted by Crippen LogP contribution is -2.27. The summed E-state index contributed by atoms with van der Waals surface area (Å²) in [6, 6.07) is 11.4. The number of hydrogen-bond acceptors (Lipinski definition) is 6. The Bertz CT molecular complexity index is 1020. The second-order valence-corrected chi connectivity index (χ2v) is 7.88. The van der Waals surface area contributed by atoms with Crippen molar-refractivity contribution in [2.75, 3.05) is 6.54 Å². The number of thioether (sulfide) groups is 1. The molecule has 1 aliphatic heterocycles. The van der Waals surface area contributed by atoms with Crippen LogP contribution >= 0.6 is 27.7 Å². The van der Waals surface area contributed by atoms with Crippen LogP contribution in [0.25, 0.3) is 6.08 Å². The third kappa shape index (κ3) is 4.93. The molecule has 0 N–H and O–H groups in total. The molecule has 2 aromatic carbocycles. The number of amides is 2. The Labute approximate surface area is 179 Å². The van der Waals surface area contributed by atoms with Gasteiger partial charge in [0.25, 0.3) is 16.8 Å². The highest BCUT2D eigenvalue weighted by Gasteiger charge is 2.34. The van der Waals surface area contributed by atoms with Gasteiger partial charge in [-0.25, -0.2) is 0 Å². The zero-order valence-electron chi connectivity index (χ0n) is 15.0. The molecule has 2 aromatic rings. The van der Waals surface area contributed by atoms with E-state index in [1.165, 1.54) is 18.2 Å². The molecule has 0 unspecified atom stereocenters. The Morgan fingerprint density at radius 1 is 1.21 bits per heavy atom. The number of carbonyl (C=O) groups excluding carboxylic acids is 2. The van der Waals surface area contributed by atoms with Crippen molar-refractivity contribution in [1.82, 2.24) is 4.90 Å². The Hall–Kier alpha value is -2.91. The van der Waals surface area contributed by atoms with Gasteiger partial charge in [0.1, 0.15) is 12.4 Å². The third-order valence-corrected chi connectivity index (χ3v) is 5.39. The van der Waals surface area contributed by atoms with Gasteiger partial charge in [0, 0.05) is 28.7 Å². The van der Waals surface area contributed by atoms with Gasteiger partial charge in [-0.3, -0.25) is 24.6 Å². The van der Waals surface area contributed by atoms with Gasteiger partial charge in [-0.1, -0.05) is 22.0 Å². The van der Waals surface area contributed by atoms with Gasteiger partial charge in [-0.15, -0.1) is 6.58 Å². The van der Waals surface area contributed by atoms with E-state index in [0.717, 1.165) is 26.7 Å². The molecule has 7 nitrogen and oxygen atoms in total. The highest BCUT2D eigenvalue weighted by atomic mass is 79.9. The van der Waals surface area contributed by atoms with Crippen LogP contribution in [0.5, 0.6) is 5.75 Å². The van der Waals surface area contributed by atoms with Crippen LogP contribution in [0.4, 0.5) is 10.5 Å². The highest BCUT2D eigenvalue weighted by Crippen LogP contribution is 2.35. The predicted octanol–water partition coefficient (Wildman–Crippen LogP) is 5.16. The van der Waals surface area contributed by atoms with Gasteiger partial charge >= 0.3 is 0 Å². The van der Waals surface area contributed by atoms with E-state index in [9.17, 15) is 19.7 Å². The maximum Gasteiger partial charge on any atom is 0.293 e. The first-order valence-corrected chi connectivity index (χ1v) is 10.0. The second kappa shape index (κ2) is 9.06. The first kappa shape index (κ1) is 20.8. The lowest BCUT2D eigenvalue weighted by molar-refractivity contribution is -0.384. The molecule has 0 radical (unpaired) electrons. The summed E-state index contributed by atoms with van der Waals surface area (Å²) in [5.74, 6) is 0.142. The van der Waals surface area contributed by atoms with Crippen LogP contribution in [0.2, 0.25) is 0 Å². The van der Waals surface area contributed by atoms with Crippen LogP contribution in [0, 0.1) is 10.1 Å². The minimum atomic E-state index is -0.461. The average molecular weight is 475 g/mol. The largest absolute Gasteiger partial charge is 0.488 e. The summed E-state index contributed by atoms with van der Waals surface area (Å²) in [5, 5.41) is 10.4. The monoisotopic (exact) mass is 474 g/mol. The molecule has 1 aliphatic rings. The van der Waals surface area contributed by atoms with Gasteiger partial charge in [-0.05, 0) is 53.7 Å². The van der Waals surface area contributed by atoms with Crippen LogP contribution in [-0.4, -0.2) is 27.5 Å². The van der Waals surface area contributed by atoms with E-state index in [1.54, 1.807) is 36.4 Å². The molecule has 3 rings (SSSR count). The van der Waals surface area contributed by atoms with Crippen molar-refractivity contribution in [3.63, 3.8) is 0 Å². The molecule has 148 valence electrons. The van der Waals surface area contributed by atoms with Crippen LogP contribution in [-0.2, 0) is 11.4 Å². The second-order valence-electron chi connectivity index (χ2n) is 5.98. The predicted molar refractivity (Wildman–Crippen MR) is 114 cm³/mol. The quantitative estimate of drug-likeness (QED) is 0.238. The fourth-order valence-corrected chi connectivity index (χ4v) is 3.78. The number of ether oxygens (including phenoxy) is 1. The Balaban J connectivity index is 1.81.